The van der Waals surface area contributed by atoms with Crippen molar-refractivity contribution in [3.63, 3.8) is 0 Å². The normalized spacial score (nSPS) is 21.2. The van der Waals surface area contributed by atoms with Crippen LogP contribution in [-0.2, 0) is 0 Å². The van der Waals surface area contributed by atoms with Crippen molar-refractivity contribution in [2.75, 3.05) is 13.1 Å². The van der Waals surface area contributed by atoms with Crippen LogP contribution in [0.2, 0.25) is 0 Å². The van der Waals surface area contributed by atoms with Crippen molar-refractivity contribution in [3.8, 4) is 0 Å². The maximum Gasteiger partial charge on any atom is 0.394 e. The first kappa shape index (κ1) is 16.1. The lowest BCUT2D eigenvalue weighted by Gasteiger charge is -2.33. The van der Waals surface area contributed by atoms with Crippen molar-refractivity contribution in [1.82, 2.24) is 4.90 Å². The average Bonchev–Trinajstić information content (AvgIpc) is 2.34. The number of allylic oxidation sites excluding steroid dienone is 3. The van der Waals surface area contributed by atoms with E-state index in [1.165, 1.54) is 13.0 Å². The molecule has 0 bridgehead atoms. The Labute approximate surface area is 114 Å². The molecule has 0 aromatic heterocycles. The number of alkyl halides is 3. The molecule has 1 aliphatic heterocycles. The van der Waals surface area contributed by atoms with Crippen molar-refractivity contribution < 1.29 is 13.2 Å². The standard InChI is InChI=1S/C15H24F3N/c1-4-5-14(7-6-13(3)15(16,17)18)19-10-8-12(2)9-11-19/h5-7,12-13H,4,8-11H2,1-3H3/b7-6-,14-5+. The number of piperidine rings is 1. The molecule has 0 aromatic carbocycles. The highest BCUT2D eigenvalue weighted by atomic mass is 19.4. The van der Waals surface area contributed by atoms with Gasteiger partial charge in [0, 0.05) is 18.8 Å². The van der Waals surface area contributed by atoms with Crippen LogP contribution in [0.15, 0.2) is 23.9 Å². The van der Waals surface area contributed by atoms with Gasteiger partial charge < -0.3 is 4.90 Å². The maximum absolute atomic E-state index is 12.5. The SMILES string of the molecule is CC/C=C(\C=C/C(C)C(F)(F)F)N1CCC(C)CC1. The van der Waals surface area contributed by atoms with Crippen LogP contribution in [0, 0.1) is 11.8 Å². The second kappa shape index (κ2) is 7.01. The molecule has 1 atom stereocenters. The van der Waals surface area contributed by atoms with E-state index in [0.29, 0.717) is 0 Å². The lowest BCUT2D eigenvalue weighted by atomic mass is 9.98. The van der Waals surface area contributed by atoms with Gasteiger partial charge in [-0.1, -0.05) is 32.9 Å². The molecule has 0 aromatic rings. The van der Waals surface area contributed by atoms with Gasteiger partial charge >= 0.3 is 6.18 Å². The van der Waals surface area contributed by atoms with Gasteiger partial charge in [-0.3, -0.25) is 0 Å². The van der Waals surface area contributed by atoms with Crippen molar-refractivity contribution in [1.29, 1.82) is 0 Å². The molecular formula is C15H24F3N. The molecule has 1 fully saturated rings. The van der Waals surface area contributed by atoms with Gasteiger partial charge in [-0.15, -0.1) is 0 Å². The Kier molecular flexibility index (Phi) is 5.95. The molecule has 1 heterocycles. The molecule has 4 heteroatoms. The smallest absolute Gasteiger partial charge is 0.372 e. The van der Waals surface area contributed by atoms with Gasteiger partial charge in [0.1, 0.15) is 0 Å². The predicted molar refractivity (Wildman–Crippen MR) is 72.7 cm³/mol. The number of halogens is 3. The Bertz CT molecular complexity index is 323. The highest BCUT2D eigenvalue weighted by Gasteiger charge is 2.33. The van der Waals surface area contributed by atoms with Gasteiger partial charge in [0.15, 0.2) is 0 Å². The third kappa shape index (κ3) is 5.29. The number of rotatable bonds is 4. The third-order valence-corrected chi connectivity index (χ3v) is 3.63. The molecule has 0 N–H and O–H groups in total. The topological polar surface area (TPSA) is 3.24 Å². The molecular weight excluding hydrogens is 251 g/mol. The lowest BCUT2D eigenvalue weighted by molar-refractivity contribution is -0.156. The number of likely N-dealkylation sites (tertiary alicyclic amines) is 1. The van der Waals surface area contributed by atoms with E-state index in [2.05, 4.69) is 11.8 Å². The fourth-order valence-corrected chi connectivity index (χ4v) is 2.13. The molecule has 0 radical (unpaired) electrons. The van der Waals surface area contributed by atoms with E-state index in [1.807, 2.05) is 13.0 Å². The Morgan fingerprint density at radius 3 is 2.37 bits per heavy atom. The summed E-state index contributed by atoms with van der Waals surface area (Å²) in [6.45, 7) is 7.31. The average molecular weight is 275 g/mol. The van der Waals surface area contributed by atoms with Gasteiger partial charge in [-0.2, -0.15) is 13.2 Å². The third-order valence-electron chi connectivity index (χ3n) is 3.63. The van der Waals surface area contributed by atoms with Gasteiger partial charge in [0.25, 0.3) is 0 Å². The fourth-order valence-electron chi connectivity index (χ4n) is 2.13. The maximum atomic E-state index is 12.5. The molecule has 0 amide bonds. The number of nitrogens with zero attached hydrogens (tertiary/aromatic N) is 1. The molecule has 0 aliphatic carbocycles. The Morgan fingerprint density at radius 2 is 1.89 bits per heavy atom. The zero-order valence-electron chi connectivity index (χ0n) is 12.0. The molecule has 1 rings (SSSR count). The van der Waals surface area contributed by atoms with Crippen LogP contribution in [-0.4, -0.2) is 24.2 Å². The van der Waals surface area contributed by atoms with E-state index in [1.54, 1.807) is 6.08 Å². The van der Waals surface area contributed by atoms with Crippen LogP contribution in [0.3, 0.4) is 0 Å². The Hall–Kier alpha value is -0.930. The summed E-state index contributed by atoms with van der Waals surface area (Å²) < 4.78 is 37.5. The first-order valence-electron chi connectivity index (χ1n) is 7.04. The second-order valence-corrected chi connectivity index (χ2v) is 5.40. The first-order chi connectivity index (χ1) is 8.84. The Balaban J connectivity index is 2.69. The molecule has 110 valence electrons. The summed E-state index contributed by atoms with van der Waals surface area (Å²) in [6, 6.07) is 0. The summed E-state index contributed by atoms with van der Waals surface area (Å²) in [6.07, 6.45) is 3.83. The highest BCUT2D eigenvalue weighted by Crippen LogP contribution is 2.28. The van der Waals surface area contributed by atoms with Crippen molar-refractivity contribution in [2.45, 2.75) is 46.2 Å². The molecule has 0 saturated carbocycles. The fraction of sp³-hybridized carbons (Fsp3) is 0.733. The Morgan fingerprint density at radius 1 is 1.32 bits per heavy atom. The second-order valence-electron chi connectivity index (χ2n) is 5.40. The van der Waals surface area contributed by atoms with Crippen LogP contribution in [0.25, 0.3) is 0 Å². The van der Waals surface area contributed by atoms with Gasteiger partial charge in [-0.05, 0) is 31.3 Å². The number of hydrogen-bond acceptors (Lipinski definition) is 1. The minimum absolute atomic E-state index is 0.720. The minimum Gasteiger partial charge on any atom is -0.372 e. The zero-order chi connectivity index (χ0) is 14.5. The van der Waals surface area contributed by atoms with Gasteiger partial charge in [-0.25, -0.2) is 0 Å². The molecule has 1 aliphatic rings. The summed E-state index contributed by atoms with van der Waals surface area (Å²) in [5.74, 6) is -0.673. The predicted octanol–water partition coefficient (Wildman–Crippen LogP) is 4.77. The molecule has 19 heavy (non-hydrogen) atoms. The summed E-state index contributed by atoms with van der Waals surface area (Å²) in [4.78, 5) is 2.20. The molecule has 1 saturated heterocycles. The van der Waals surface area contributed by atoms with E-state index in [4.69, 9.17) is 0 Å². The minimum atomic E-state index is -4.15. The van der Waals surface area contributed by atoms with Crippen LogP contribution >= 0.6 is 0 Å². The van der Waals surface area contributed by atoms with Crippen LogP contribution in [0.5, 0.6) is 0 Å². The summed E-state index contributed by atoms with van der Waals surface area (Å²) >= 11 is 0. The van der Waals surface area contributed by atoms with E-state index in [-0.39, 0.29) is 0 Å². The van der Waals surface area contributed by atoms with Gasteiger partial charge in [0.05, 0.1) is 5.92 Å². The lowest BCUT2D eigenvalue weighted by Crippen LogP contribution is -2.31. The van der Waals surface area contributed by atoms with E-state index in [0.717, 1.165) is 44.0 Å². The number of hydrogen-bond donors (Lipinski definition) is 0. The summed E-state index contributed by atoms with van der Waals surface area (Å²) in [5, 5.41) is 0. The van der Waals surface area contributed by atoms with Gasteiger partial charge in [0.2, 0.25) is 0 Å². The van der Waals surface area contributed by atoms with Crippen molar-refractivity contribution >= 4 is 0 Å². The largest absolute Gasteiger partial charge is 0.394 e. The quantitative estimate of drug-likeness (QED) is 0.668. The molecule has 0 spiro atoms. The summed E-state index contributed by atoms with van der Waals surface area (Å²) in [7, 11) is 0. The van der Waals surface area contributed by atoms with E-state index >= 15 is 0 Å². The summed E-state index contributed by atoms with van der Waals surface area (Å²) in [5.41, 5.74) is 0.936. The van der Waals surface area contributed by atoms with Crippen LogP contribution < -0.4 is 0 Å². The molecule has 1 unspecified atom stereocenters. The van der Waals surface area contributed by atoms with E-state index < -0.39 is 12.1 Å². The zero-order valence-corrected chi connectivity index (χ0v) is 12.0. The first-order valence-corrected chi connectivity index (χ1v) is 7.04. The highest BCUT2D eigenvalue weighted by molar-refractivity contribution is 5.19. The van der Waals surface area contributed by atoms with Crippen LogP contribution in [0.1, 0.15) is 40.0 Å². The van der Waals surface area contributed by atoms with Crippen LogP contribution in [0.4, 0.5) is 13.2 Å². The van der Waals surface area contributed by atoms with Crippen molar-refractivity contribution in [2.24, 2.45) is 11.8 Å². The monoisotopic (exact) mass is 275 g/mol. The van der Waals surface area contributed by atoms with Crippen molar-refractivity contribution in [3.05, 3.63) is 23.9 Å². The molecule has 1 nitrogen and oxygen atoms in total. The van der Waals surface area contributed by atoms with E-state index in [9.17, 15) is 13.2 Å².